The van der Waals surface area contributed by atoms with Gasteiger partial charge in [-0.2, -0.15) is 4.31 Å². The monoisotopic (exact) mass is 373 g/mol. The molecule has 1 aliphatic rings. The molecule has 26 heavy (non-hydrogen) atoms. The second kappa shape index (κ2) is 8.42. The molecule has 2 heterocycles. The van der Waals surface area contributed by atoms with E-state index >= 15 is 0 Å². The third-order valence-electron chi connectivity index (χ3n) is 4.48. The summed E-state index contributed by atoms with van der Waals surface area (Å²) in [4.78, 5) is 16.6. The predicted molar refractivity (Wildman–Crippen MR) is 99.1 cm³/mol. The lowest BCUT2D eigenvalue weighted by Crippen LogP contribution is -2.32. The van der Waals surface area contributed by atoms with Crippen LogP contribution in [0.4, 0.5) is 0 Å². The van der Waals surface area contributed by atoms with E-state index in [1.165, 1.54) is 12.1 Å². The standard InChI is InChI=1S/C19H23N3O3S/c23-19(21-15-17-7-3-4-12-20-17)16-8-10-18(11-9-16)26(24,25)22-13-5-1-2-6-14-22/h3-4,7-12H,1-2,5-6,13-15H2,(H,21,23). The highest BCUT2D eigenvalue weighted by molar-refractivity contribution is 7.89. The second-order valence-electron chi connectivity index (χ2n) is 6.35. The molecule has 0 bridgehead atoms. The summed E-state index contributed by atoms with van der Waals surface area (Å²) in [5.74, 6) is -0.255. The minimum absolute atomic E-state index is 0.237. The van der Waals surface area contributed by atoms with Gasteiger partial charge >= 0.3 is 0 Å². The lowest BCUT2D eigenvalue weighted by atomic mass is 10.2. The Morgan fingerprint density at radius 2 is 1.69 bits per heavy atom. The van der Waals surface area contributed by atoms with Crippen molar-refractivity contribution in [2.75, 3.05) is 13.1 Å². The number of amides is 1. The molecular weight excluding hydrogens is 350 g/mol. The first kappa shape index (κ1) is 18.5. The van der Waals surface area contributed by atoms with E-state index in [9.17, 15) is 13.2 Å². The molecule has 1 aromatic heterocycles. The fraction of sp³-hybridized carbons (Fsp3) is 0.368. The quantitative estimate of drug-likeness (QED) is 0.874. The highest BCUT2D eigenvalue weighted by atomic mass is 32.2. The molecule has 2 aromatic rings. The van der Waals surface area contributed by atoms with Gasteiger partial charge in [0.2, 0.25) is 10.0 Å². The average Bonchev–Trinajstić information content (AvgIpc) is 2.97. The van der Waals surface area contributed by atoms with Gasteiger partial charge in [0.15, 0.2) is 0 Å². The number of nitrogens with one attached hydrogen (secondary N) is 1. The van der Waals surface area contributed by atoms with Crippen LogP contribution in [-0.4, -0.2) is 36.7 Å². The smallest absolute Gasteiger partial charge is 0.251 e. The molecule has 138 valence electrons. The van der Waals surface area contributed by atoms with Crippen LogP contribution in [0.25, 0.3) is 0 Å². The molecule has 0 spiro atoms. The molecule has 0 unspecified atom stereocenters. The molecule has 1 aliphatic heterocycles. The zero-order valence-corrected chi connectivity index (χ0v) is 15.4. The van der Waals surface area contributed by atoms with Crippen molar-refractivity contribution in [3.05, 3.63) is 59.9 Å². The van der Waals surface area contributed by atoms with Crippen LogP contribution in [-0.2, 0) is 16.6 Å². The van der Waals surface area contributed by atoms with Crippen LogP contribution in [0, 0.1) is 0 Å². The number of pyridine rings is 1. The molecule has 6 nitrogen and oxygen atoms in total. The molecule has 1 aromatic carbocycles. The van der Waals surface area contributed by atoms with Gasteiger partial charge in [0.1, 0.15) is 0 Å². The molecule has 7 heteroatoms. The maximum Gasteiger partial charge on any atom is 0.251 e. The lowest BCUT2D eigenvalue weighted by molar-refractivity contribution is 0.0950. The summed E-state index contributed by atoms with van der Waals surface area (Å²) in [5, 5.41) is 2.78. The van der Waals surface area contributed by atoms with Crippen molar-refractivity contribution in [1.82, 2.24) is 14.6 Å². The van der Waals surface area contributed by atoms with E-state index in [4.69, 9.17) is 0 Å². The number of sulfonamides is 1. The van der Waals surface area contributed by atoms with Crippen LogP contribution in [0.1, 0.15) is 41.7 Å². The summed E-state index contributed by atoms with van der Waals surface area (Å²) in [5.41, 5.74) is 1.19. The van der Waals surface area contributed by atoms with Gasteiger partial charge in [-0.3, -0.25) is 9.78 Å². The number of benzene rings is 1. The fourth-order valence-corrected chi connectivity index (χ4v) is 4.50. The van der Waals surface area contributed by atoms with Crippen molar-refractivity contribution in [2.24, 2.45) is 0 Å². The summed E-state index contributed by atoms with van der Waals surface area (Å²) < 4.78 is 27.0. The Bertz CT molecular complexity index is 828. The molecule has 1 saturated heterocycles. The lowest BCUT2D eigenvalue weighted by Gasteiger charge is -2.20. The minimum Gasteiger partial charge on any atom is -0.346 e. The molecule has 1 N–H and O–H groups in total. The van der Waals surface area contributed by atoms with E-state index in [1.807, 2.05) is 18.2 Å². The summed E-state index contributed by atoms with van der Waals surface area (Å²) in [7, 11) is -3.49. The first-order chi connectivity index (χ1) is 12.6. The van der Waals surface area contributed by atoms with Crippen molar-refractivity contribution in [2.45, 2.75) is 37.1 Å². The Kier molecular flexibility index (Phi) is 6.00. The summed E-state index contributed by atoms with van der Waals surface area (Å²) in [6.07, 6.45) is 5.60. The third-order valence-corrected chi connectivity index (χ3v) is 6.39. The Morgan fingerprint density at radius 3 is 2.31 bits per heavy atom. The van der Waals surface area contributed by atoms with E-state index in [0.717, 1.165) is 31.4 Å². The molecule has 0 saturated carbocycles. The molecule has 1 fully saturated rings. The minimum atomic E-state index is -3.49. The number of aromatic nitrogens is 1. The summed E-state index contributed by atoms with van der Waals surface area (Å²) >= 11 is 0. The average molecular weight is 373 g/mol. The van der Waals surface area contributed by atoms with Gasteiger partial charge in [0.25, 0.3) is 5.91 Å². The number of hydrogen-bond donors (Lipinski definition) is 1. The fourth-order valence-electron chi connectivity index (χ4n) is 2.98. The van der Waals surface area contributed by atoms with E-state index in [-0.39, 0.29) is 10.8 Å². The van der Waals surface area contributed by atoms with Crippen LogP contribution in [0.3, 0.4) is 0 Å². The maximum absolute atomic E-state index is 12.7. The number of rotatable bonds is 5. The predicted octanol–water partition coefficient (Wildman–Crippen LogP) is 2.58. The molecule has 0 aliphatic carbocycles. The maximum atomic E-state index is 12.7. The van der Waals surface area contributed by atoms with Crippen molar-refractivity contribution in [1.29, 1.82) is 0 Å². The van der Waals surface area contributed by atoms with Crippen LogP contribution in [0.2, 0.25) is 0 Å². The van der Waals surface area contributed by atoms with Crippen LogP contribution >= 0.6 is 0 Å². The summed E-state index contributed by atoms with van der Waals surface area (Å²) in [6.45, 7) is 1.46. The zero-order valence-electron chi connectivity index (χ0n) is 14.6. The SMILES string of the molecule is O=C(NCc1ccccn1)c1ccc(S(=O)(=O)N2CCCCCC2)cc1. The first-order valence-electron chi connectivity index (χ1n) is 8.86. The topological polar surface area (TPSA) is 79.4 Å². The Balaban J connectivity index is 1.66. The van der Waals surface area contributed by atoms with Crippen LogP contribution in [0.5, 0.6) is 0 Å². The van der Waals surface area contributed by atoms with Gasteiger partial charge in [-0.15, -0.1) is 0 Å². The first-order valence-corrected chi connectivity index (χ1v) is 10.3. The van der Waals surface area contributed by atoms with E-state index < -0.39 is 10.0 Å². The van der Waals surface area contributed by atoms with E-state index in [2.05, 4.69) is 10.3 Å². The zero-order chi connectivity index (χ0) is 18.4. The van der Waals surface area contributed by atoms with Crippen molar-refractivity contribution >= 4 is 15.9 Å². The largest absolute Gasteiger partial charge is 0.346 e. The summed E-state index contributed by atoms with van der Waals surface area (Å²) in [6, 6.07) is 11.6. The molecule has 0 atom stereocenters. The molecule has 1 amide bonds. The molecule has 0 radical (unpaired) electrons. The third kappa shape index (κ3) is 4.47. The van der Waals surface area contributed by atoms with Crippen molar-refractivity contribution in [3.63, 3.8) is 0 Å². The van der Waals surface area contributed by atoms with Gasteiger partial charge in [-0.25, -0.2) is 8.42 Å². The van der Waals surface area contributed by atoms with Gasteiger partial charge < -0.3 is 5.32 Å². The molecule has 3 rings (SSSR count). The Labute approximate surface area is 154 Å². The van der Waals surface area contributed by atoms with Crippen LogP contribution in [0.15, 0.2) is 53.6 Å². The number of carbonyl (C=O) groups is 1. The van der Waals surface area contributed by atoms with E-state index in [1.54, 1.807) is 22.6 Å². The number of hydrogen-bond acceptors (Lipinski definition) is 4. The second-order valence-corrected chi connectivity index (χ2v) is 8.28. The molecular formula is C19H23N3O3S. The van der Waals surface area contributed by atoms with E-state index in [0.29, 0.717) is 25.2 Å². The van der Waals surface area contributed by atoms with Crippen molar-refractivity contribution in [3.8, 4) is 0 Å². The van der Waals surface area contributed by atoms with Gasteiger partial charge in [0, 0.05) is 24.8 Å². The normalized spacial score (nSPS) is 16.0. The van der Waals surface area contributed by atoms with Gasteiger partial charge in [0.05, 0.1) is 17.1 Å². The Hall–Kier alpha value is -2.25. The highest BCUT2D eigenvalue weighted by Crippen LogP contribution is 2.20. The number of carbonyl (C=O) groups excluding carboxylic acids is 1. The van der Waals surface area contributed by atoms with Crippen LogP contribution < -0.4 is 5.32 Å². The van der Waals surface area contributed by atoms with Gasteiger partial charge in [-0.05, 0) is 49.2 Å². The Morgan fingerprint density at radius 1 is 1.00 bits per heavy atom. The number of nitrogens with zero attached hydrogens (tertiary/aromatic N) is 2. The highest BCUT2D eigenvalue weighted by Gasteiger charge is 2.25. The van der Waals surface area contributed by atoms with Crippen molar-refractivity contribution < 1.29 is 13.2 Å². The van der Waals surface area contributed by atoms with Gasteiger partial charge in [-0.1, -0.05) is 18.9 Å².